The van der Waals surface area contributed by atoms with Crippen LogP contribution in [0.25, 0.3) is 0 Å². The second-order valence-electron chi connectivity index (χ2n) is 5.63. The molecule has 3 atom stereocenters. The Morgan fingerprint density at radius 1 is 1.42 bits per heavy atom. The zero-order chi connectivity index (χ0) is 13.8. The summed E-state index contributed by atoms with van der Waals surface area (Å²) in [5.74, 6) is 0.833. The van der Waals surface area contributed by atoms with E-state index in [-0.39, 0.29) is 0 Å². The third-order valence-electron chi connectivity index (χ3n) is 4.53. The van der Waals surface area contributed by atoms with Crippen molar-refractivity contribution in [2.75, 3.05) is 13.1 Å². The average molecular weight is 262 g/mol. The number of aryl methyl sites for hydroxylation is 1. The topological polar surface area (TPSA) is 55.0 Å². The Balaban J connectivity index is 2.14. The Kier molecular flexibility index (Phi) is 4.88. The summed E-state index contributed by atoms with van der Waals surface area (Å²) in [6, 6.07) is 0.787. The van der Waals surface area contributed by atoms with Crippen molar-refractivity contribution in [1.29, 1.82) is 0 Å². The molecule has 1 saturated heterocycles. The normalized spacial score (nSPS) is 26.3. The van der Waals surface area contributed by atoms with Gasteiger partial charge >= 0.3 is 0 Å². The Bertz CT molecular complexity index is 407. The molecule has 0 amide bonds. The summed E-state index contributed by atoms with van der Waals surface area (Å²) in [4.78, 5) is 11.4. The number of rotatable bonds is 4. The fraction of sp³-hybridized carbons (Fsp3) is 0.733. The molecule has 0 radical (unpaired) electrons. The molecule has 4 nitrogen and oxygen atoms in total. The first-order chi connectivity index (χ1) is 9.17. The van der Waals surface area contributed by atoms with Crippen LogP contribution in [0.2, 0.25) is 0 Å². The number of piperidine rings is 1. The Morgan fingerprint density at radius 2 is 2.16 bits per heavy atom. The van der Waals surface area contributed by atoms with Gasteiger partial charge < -0.3 is 5.73 Å². The Morgan fingerprint density at radius 3 is 2.79 bits per heavy atom. The van der Waals surface area contributed by atoms with Crippen LogP contribution in [0.3, 0.4) is 0 Å². The molecular weight excluding hydrogens is 236 g/mol. The van der Waals surface area contributed by atoms with E-state index in [9.17, 15) is 0 Å². The maximum absolute atomic E-state index is 5.99. The first-order valence-electron chi connectivity index (χ1n) is 7.40. The van der Waals surface area contributed by atoms with E-state index >= 15 is 0 Å². The summed E-state index contributed by atoms with van der Waals surface area (Å²) in [6.45, 7) is 8.41. The van der Waals surface area contributed by atoms with E-state index in [0.29, 0.717) is 12.1 Å². The second kappa shape index (κ2) is 6.44. The van der Waals surface area contributed by atoms with Gasteiger partial charge in [0.05, 0.1) is 17.4 Å². The van der Waals surface area contributed by atoms with E-state index in [2.05, 4.69) is 28.7 Å². The number of hydrogen-bond acceptors (Lipinski definition) is 4. The van der Waals surface area contributed by atoms with Gasteiger partial charge in [-0.15, -0.1) is 0 Å². The third kappa shape index (κ3) is 3.12. The predicted molar refractivity (Wildman–Crippen MR) is 77.7 cm³/mol. The van der Waals surface area contributed by atoms with Crippen LogP contribution in [-0.4, -0.2) is 34.0 Å². The fourth-order valence-electron chi connectivity index (χ4n) is 3.25. The van der Waals surface area contributed by atoms with Gasteiger partial charge in [0.1, 0.15) is 0 Å². The minimum absolute atomic E-state index is 0.306. The highest BCUT2D eigenvalue weighted by Gasteiger charge is 2.31. The van der Waals surface area contributed by atoms with Gasteiger partial charge in [0, 0.05) is 25.0 Å². The minimum Gasteiger partial charge on any atom is -0.329 e. The number of hydrogen-bond donors (Lipinski definition) is 1. The van der Waals surface area contributed by atoms with Crippen LogP contribution in [0.1, 0.15) is 50.5 Å². The van der Waals surface area contributed by atoms with Gasteiger partial charge in [-0.25, -0.2) is 0 Å². The SMILES string of the molecule is CCC1CCN(C(C)c2nccnc2C)C(CN)C1. The monoisotopic (exact) mass is 262 g/mol. The first kappa shape index (κ1) is 14.4. The summed E-state index contributed by atoms with van der Waals surface area (Å²) in [7, 11) is 0. The summed E-state index contributed by atoms with van der Waals surface area (Å²) in [5.41, 5.74) is 8.11. The largest absolute Gasteiger partial charge is 0.329 e. The van der Waals surface area contributed by atoms with Gasteiger partial charge in [0.2, 0.25) is 0 Å². The summed E-state index contributed by atoms with van der Waals surface area (Å²) in [5, 5.41) is 0. The Hall–Kier alpha value is -1.00. The van der Waals surface area contributed by atoms with Crippen LogP contribution < -0.4 is 5.73 Å². The molecule has 0 bridgehead atoms. The van der Waals surface area contributed by atoms with Gasteiger partial charge in [0.15, 0.2) is 0 Å². The Labute approximate surface area is 116 Å². The van der Waals surface area contributed by atoms with Crippen LogP contribution in [0.15, 0.2) is 12.4 Å². The quantitative estimate of drug-likeness (QED) is 0.904. The number of likely N-dealkylation sites (tertiary alicyclic amines) is 1. The van der Waals surface area contributed by atoms with E-state index < -0.39 is 0 Å². The fourth-order valence-corrected chi connectivity index (χ4v) is 3.25. The van der Waals surface area contributed by atoms with Crippen LogP contribution in [0, 0.1) is 12.8 Å². The molecule has 2 rings (SSSR count). The highest BCUT2D eigenvalue weighted by Crippen LogP contribution is 2.31. The van der Waals surface area contributed by atoms with Crippen molar-refractivity contribution in [2.45, 2.75) is 52.1 Å². The molecule has 1 aliphatic heterocycles. The smallest absolute Gasteiger partial charge is 0.0784 e. The molecule has 19 heavy (non-hydrogen) atoms. The molecular formula is C15H26N4. The lowest BCUT2D eigenvalue weighted by atomic mass is 9.87. The van der Waals surface area contributed by atoms with Gasteiger partial charge in [-0.2, -0.15) is 0 Å². The van der Waals surface area contributed by atoms with E-state index in [1.165, 1.54) is 19.3 Å². The average Bonchev–Trinajstić information content (AvgIpc) is 2.46. The predicted octanol–water partition coefficient (Wildman–Crippen LogP) is 2.30. The molecule has 1 fully saturated rings. The summed E-state index contributed by atoms with van der Waals surface area (Å²) in [6.07, 6.45) is 7.31. The molecule has 0 aliphatic carbocycles. The third-order valence-corrected chi connectivity index (χ3v) is 4.53. The van der Waals surface area contributed by atoms with Gasteiger partial charge in [-0.05, 0) is 39.2 Å². The second-order valence-corrected chi connectivity index (χ2v) is 5.63. The highest BCUT2D eigenvalue weighted by molar-refractivity contribution is 5.13. The summed E-state index contributed by atoms with van der Waals surface area (Å²) < 4.78 is 0. The lowest BCUT2D eigenvalue weighted by Gasteiger charge is -2.42. The highest BCUT2D eigenvalue weighted by atomic mass is 15.2. The van der Waals surface area contributed by atoms with E-state index in [0.717, 1.165) is 30.4 Å². The maximum Gasteiger partial charge on any atom is 0.0784 e. The van der Waals surface area contributed by atoms with Crippen molar-refractivity contribution in [1.82, 2.24) is 14.9 Å². The molecule has 0 aromatic carbocycles. The van der Waals surface area contributed by atoms with Crippen molar-refractivity contribution in [2.24, 2.45) is 11.7 Å². The van der Waals surface area contributed by atoms with Crippen molar-refractivity contribution < 1.29 is 0 Å². The molecule has 1 aromatic rings. The zero-order valence-corrected chi connectivity index (χ0v) is 12.3. The lowest BCUT2D eigenvalue weighted by Crippen LogP contribution is -2.47. The molecule has 106 valence electrons. The first-order valence-corrected chi connectivity index (χ1v) is 7.40. The standard InChI is InChI=1S/C15H26N4/c1-4-13-5-8-19(14(9-13)10-16)12(3)15-11(2)17-6-7-18-15/h6-7,12-14H,4-5,8-10,16H2,1-3H3. The van der Waals surface area contributed by atoms with Crippen molar-refractivity contribution in [3.63, 3.8) is 0 Å². The van der Waals surface area contributed by atoms with Crippen molar-refractivity contribution >= 4 is 0 Å². The van der Waals surface area contributed by atoms with E-state index in [1.807, 2.05) is 6.92 Å². The van der Waals surface area contributed by atoms with Gasteiger partial charge in [-0.3, -0.25) is 14.9 Å². The van der Waals surface area contributed by atoms with E-state index in [1.54, 1.807) is 12.4 Å². The minimum atomic E-state index is 0.306. The zero-order valence-electron chi connectivity index (χ0n) is 12.3. The molecule has 4 heteroatoms. The van der Waals surface area contributed by atoms with Crippen molar-refractivity contribution in [3.05, 3.63) is 23.8 Å². The van der Waals surface area contributed by atoms with Crippen molar-refractivity contribution in [3.8, 4) is 0 Å². The van der Waals surface area contributed by atoms with E-state index in [4.69, 9.17) is 5.73 Å². The van der Waals surface area contributed by atoms with Crippen LogP contribution >= 0.6 is 0 Å². The molecule has 1 aliphatic rings. The number of nitrogens with two attached hydrogens (primary N) is 1. The van der Waals surface area contributed by atoms with Gasteiger partial charge in [0.25, 0.3) is 0 Å². The summed E-state index contributed by atoms with van der Waals surface area (Å²) >= 11 is 0. The lowest BCUT2D eigenvalue weighted by molar-refractivity contribution is 0.0751. The molecule has 0 saturated carbocycles. The van der Waals surface area contributed by atoms with Gasteiger partial charge in [-0.1, -0.05) is 13.3 Å². The van der Waals surface area contributed by atoms with Crippen LogP contribution in [0.5, 0.6) is 0 Å². The molecule has 1 aromatic heterocycles. The molecule has 3 unspecified atom stereocenters. The number of nitrogens with zero attached hydrogens (tertiary/aromatic N) is 3. The van der Waals surface area contributed by atoms with Crippen LogP contribution in [0.4, 0.5) is 0 Å². The molecule has 0 spiro atoms. The molecule has 2 heterocycles. The van der Waals surface area contributed by atoms with Crippen LogP contribution in [-0.2, 0) is 0 Å². The maximum atomic E-state index is 5.99. The number of aromatic nitrogens is 2. The molecule has 2 N–H and O–H groups in total.